The van der Waals surface area contributed by atoms with Gasteiger partial charge in [0.25, 0.3) is 0 Å². The number of ether oxygens (including phenoxy) is 2. The predicted molar refractivity (Wildman–Crippen MR) is 106 cm³/mol. The van der Waals surface area contributed by atoms with E-state index >= 15 is 0 Å². The number of fused-ring (bicyclic) bond motifs is 1. The summed E-state index contributed by atoms with van der Waals surface area (Å²) >= 11 is 6.19. The molecular formula is C21H16ClN3O3. The van der Waals surface area contributed by atoms with Gasteiger partial charge in [0.1, 0.15) is 22.5 Å². The molecule has 1 unspecified atom stereocenters. The summed E-state index contributed by atoms with van der Waals surface area (Å²) in [5.41, 5.74) is 2.67. The number of halogens is 1. The highest BCUT2D eigenvalue weighted by Gasteiger charge is 2.25. The van der Waals surface area contributed by atoms with Crippen LogP contribution in [-0.4, -0.2) is 28.1 Å². The average Bonchev–Trinajstić information content (AvgIpc) is 3.17. The zero-order valence-electron chi connectivity index (χ0n) is 14.9. The van der Waals surface area contributed by atoms with Crippen molar-refractivity contribution in [2.24, 2.45) is 0 Å². The van der Waals surface area contributed by atoms with E-state index in [1.807, 2.05) is 42.5 Å². The highest BCUT2D eigenvalue weighted by atomic mass is 35.5. The van der Waals surface area contributed by atoms with Crippen LogP contribution in [0.1, 0.15) is 11.7 Å². The summed E-state index contributed by atoms with van der Waals surface area (Å²) in [7, 11) is 1.33. The Bertz CT molecular complexity index is 1100. The Kier molecular flexibility index (Phi) is 4.95. The van der Waals surface area contributed by atoms with E-state index in [0.717, 1.165) is 11.0 Å². The number of hydrogen-bond acceptors (Lipinski definition) is 5. The minimum atomic E-state index is -0.934. The van der Waals surface area contributed by atoms with Gasteiger partial charge in [0.15, 0.2) is 0 Å². The molecule has 0 aliphatic rings. The van der Waals surface area contributed by atoms with Crippen LogP contribution in [-0.2, 0) is 9.53 Å². The molecule has 1 aromatic heterocycles. The lowest BCUT2D eigenvalue weighted by Crippen LogP contribution is -2.21. The van der Waals surface area contributed by atoms with Crippen LogP contribution in [0.2, 0.25) is 5.02 Å². The molecule has 28 heavy (non-hydrogen) atoms. The Morgan fingerprint density at radius 1 is 0.964 bits per heavy atom. The molecule has 6 nitrogen and oxygen atoms in total. The third-order valence-corrected chi connectivity index (χ3v) is 4.42. The van der Waals surface area contributed by atoms with Gasteiger partial charge in [0.2, 0.25) is 6.10 Å². The maximum absolute atomic E-state index is 12.4. The number of carbonyl (C=O) groups is 1. The molecule has 4 aromatic rings. The fraction of sp³-hybridized carbons (Fsp3) is 0.0952. The van der Waals surface area contributed by atoms with Crippen molar-refractivity contribution in [2.45, 2.75) is 6.10 Å². The molecule has 1 heterocycles. The molecule has 1 atom stereocenters. The monoisotopic (exact) mass is 393 g/mol. The van der Waals surface area contributed by atoms with Crippen molar-refractivity contribution >= 4 is 28.6 Å². The van der Waals surface area contributed by atoms with E-state index in [-0.39, 0.29) is 0 Å². The Morgan fingerprint density at radius 2 is 1.61 bits per heavy atom. The van der Waals surface area contributed by atoms with Crippen molar-refractivity contribution in [3.63, 3.8) is 0 Å². The van der Waals surface area contributed by atoms with Crippen molar-refractivity contribution in [1.82, 2.24) is 15.0 Å². The minimum Gasteiger partial charge on any atom is -0.472 e. The number of esters is 1. The number of carbonyl (C=O) groups excluding carboxylic acids is 1. The number of nitrogens with zero attached hydrogens (tertiary/aromatic N) is 3. The van der Waals surface area contributed by atoms with E-state index in [1.165, 1.54) is 11.9 Å². The van der Waals surface area contributed by atoms with Gasteiger partial charge < -0.3 is 9.47 Å². The fourth-order valence-corrected chi connectivity index (χ4v) is 2.99. The van der Waals surface area contributed by atoms with Crippen LogP contribution in [0.4, 0.5) is 0 Å². The van der Waals surface area contributed by atoms with Crippen molar-refractivity contribution in [2.75, 3.05) is 7.11 Å². The zero-order chi connectivity index (χ0) is 19.5. The smallest absolute Gasteiger partial charge is 0.351 e. The molecule has 0 spiro atoms. The number of benzene rings is 3. The van der Waals surface area contributed by atoms with Gasteiger partial charge in [0, 0.05) is 10.6 Å². The van der Waals surface area contributed by atoms with Crippen LogP contribution in [0, 0.1) is 0 Å². The van der Waals surface area contributed by atoms with Crippen molar-refractivity contribution in [3.05, 3.63) is 83.4 Å². The quantitative estimate of drug-likeness (QED) is 0.471. The predicted octanol–water partition coefficient (Wildman–Crippen LogP) is 4.37. The van der Waals surface area contributed by atoms with E-state index in [9.17, 15) is 4.79 Å². The molecule has 0 saturated heterocycles. The number of rotatable bonds is 5. The second-order valence-corrected chi connectivity index (χ2v) is 6.46. The number of aromatic nitrogens is 3. The second kappa shape index (κ2) is 7.70. The summed E-state index contributed by atoms with van der Waals surface area (Å²) in [6.07, 6.45) is -0.934. The normalized spacial score (nSPS) is 11.9. The standard InChI is InChI=1S/C21H16ClN3O3/c1-27-21(26)20(14-7-3-2-4-8-14)28-19-12-11-15(22)13-18(19)25-23-16-9-5-6-10-17(16)24-25/h2-13,20H,1H3. The van der Waals surface area contributed by atoms with Crippen LogP contribution in [0.5, 0.6) is 5.75 Å². The molecular weight excluding hydrogens is 378 g/mol. The van der Waals surface area contributed by atoms with Crippen LogP contribution in [0.3, 0.4) is 0 Å². The van der Waals surface area contributed by atoms with E-state index in [2.05, 4.69) is 10.2 Å². The minimum absolute atomic E-state index is 0.406. The summed E-state index contributed by atoms with van der Waals surface area (Å²) in [4.78, 5) is 13.8. The maximum Gasteiger partial charge on any atom is 0.351 e. The van der Waals surface area contributed by atoms with Gasteiger partial charge in [-0.1, -0.05) is 54.1 Å². The average molecular weight is 394 g/mol. The summed E-state index contributed by atoms with van der Waals surface area (Å²) in [6, 6.07) is 21.7. The highest BCUT2D eigenvalue weighted by molar-refractivity contribution is 6.30. The van der Waals surface area contributed by atoms with E-state index in [1.54, 1.807) is 30.3 Å². The lowest BCUT2D eigenvalue weighted by atomic mass is 10.1. The molecule has 7 heteroatoms. The van der Waals surface area contributed by atoms with Crippen LogP contribution >= 0.6 is 11.6 Å². The molecule has 0 radical (unpaired) electrons. The van der Waals surface area contributed by atoms with E-state index < -0.39 is 12.1 Å². The van der Waals surface area contributed by atoms with Gasteiger partial charge in [-0.05, 0) is 30.3 Å². The van der Waals surface area contributed by atoms with E-state index in [0.29, 0.717) is 22.0 Å². The van der Waals surface area contributed by atoms with Gasteiger partial charge in [-0.3, -0.25) is 0 Å². The van der Waals surface area contributed by atoms with Crippen LogP contribution < -0.4 is 4.74 Å². The SMILES string of the molecule is COC(=O)C(Oc1ccc(Cl)cc1-n1nc2ccccc2n1)c1ccccc1. The van der Waals surface area contributed by atoms with Crippen LogP contribution in [0.15, 0.2) is 72.8 Å². The first-order valence-corrected chi connectivity index (χ1v) is 8.95. The van der Waals surface area contributed by atoms with Gasteiger partial charge in [0.05, 0.1) is 7.11 Å². The summed E-state index contributed by atoms with van der Waals surface area (Å²) in [6.45, 7) is 0. The number of hydrogen-bond donors (Lipinski definition) is 0. The molecule has 4 rings (SSSR count). The van der Waals surface area contributed by atoms with Crippen LogP contribution in [0.25, 0.3) is 16.7 Å². The highest BCUT2D eigenvalue weighted by Crippen LogP contribution is 2.31. The zero-order valence-corrected chi connectivity index (χ0v) is 15.7. The third-order valence-electron chi connectivity index (χ3n) is 4.19. The molecule has 0 saturated carbocycles. The van der Waals surface area contributed by atoms with Gasteiger partial charge in [-0.15, -0.1) is 15.0 Å². The van der Waals surface area contributed by atoms with Crippen molar-refractivity contribution < 1.29 is 14.3 Å². The maximum atomic E-state index is 12.4. The van der Waals surface area contributed by atoms with Gasteiger partial charge in [-0.2, -0.15) is 0 Å². The topological polar surface area (TPSA) is 66.2 Å². The Morgan fingerprint density at radius 3 is 2.25 bits per heavy atom. The molecule has 0 bridgehead atoms. The van der Waals surface area contributed by atoms with E-state index in [4.69, 9.17) is 21.1 Å². The number of methoxy groups -OCH3 is 1. The first-order valence-electron chi connectivity index (χ1n) is 8.57. The lowest BCUT2D eigenvalue weighted by Gasteiger charge is -2.19. The summed E-state index contributed by atoms with van der Waals surface area (Å²) in [5, 5.41) is 9.46. The molecule has 0 aliphatic heterocycles. The Hall–Kier alpha value is -3.38. The summed E-state index contributed by atoms with van der Waals surface area (Å²) < 4.78 is 11.0. The largest absolute Gasteiger partial charge is 0.472 e. The second-order valence-electron chi connectivity index (χ2n) is 6.02. The molecule has 0 fully saturated rings. The van der Waals surface area contributed by atoms with Crippen molar-refractivity contribution in [3.8, 4) is 11.4 Å². The molecule has 0 aliphatic carbocycles. The first kappa shape index (κ1) is 18.0. The Balaban J connectivity index is 1.78. The third kappa shape index (κ3) is 3.54. The van der Waals surface area contributed by atoms with Gasteiger partial charge in [-0.25, -0.2) is 4.79 Å². The molecule has 0 amide bonds. The first-order chi connectivity index (χ1) is 13.7. The van der Waals surface area contributed by atoms with Gasteiger partial charge >= 0.3 is 5.97 Å². The Labute approximate surface area is 166 Å². The lowest BCUT2D eigenvalue weighted by molar-refractivity contribution is -0.149. The molecule has 0 N–H and O–H groups in total. The molecule has 3 aromatic carbocycles. The fourth-order valence-electron chi connectivity index (χ4n) is 2.83. The summed E-state index contributed by atoms with van der Waals surface area (Å²) in [5.74, 6) is -0.102. The molecule has 140 valence electrons. The van der Waals surface area contributed by atoms with Crippen molar-refractivity contribution in [1.29, 1.82) is 0 Å².